The lowest BCUT2D eigenvalue weighted by Crippen LogP contribution is -2.40. The Balaban J connectivity index is 0.000000445. The second-order valence-corrected chi connectivity index (χ2v) is 6.65. The Hall–Kier alpha value is -2.86. The molecule has 0 bridgehead atoms. The van der Waals surface area contributed by atoms with E-state index in [-0.39, 0.29) is 4.90 Å². The summed E-state index contributed by atoms with van der Waals surface area (Å²) in [6.45, 7) is 1.22. The summed E-state index contributed by atoms with van der Waals surface area (Å²) in [6, 6.07) is 10.1. The topological polar surface area (TPSA) is 122 Å². The van der Waals surface area contributed by atoms with Crippen molar-refractivity contribution in [2.24, 2.45) is 0 Å². The molecule has 2 aromatic rings. The third-order valence-corrected chi connectivity index (χ3v) is 4.18. The van der Waals surface area contributed by atoms with Crippen molar-refractivity contribution >= 4 is 32.7 Å². The van der Waals surface area contributed by atoms with Crippen molar-refractivity contribution in [3.8, 4) is 5.75 Å². The molecular weight excluding hydrogens is 393 g/mol. The number of hydrazine groups is 1. The van der Waals surface area contributed by atoms with Crippen LogP contribution >= 0.6 is 0 Å². The number of alkyl halides is 3. The number of hydrogen-bond acceptors (Lipinski definition) is 5. The molecule has 0 spiro atoms. The molecular formula is C15H15F3N2O6S. The first-order chi connectivity index (χ1) is 12.4. The molecule has 3 N–H and O–H groups in total. The van der Waals surface area contributed by atoms with E-state index in [0.29, 0.717) is 5.75 Å². The van der Waals surface area contributed by atoms with Crippen LogP contribution in [0.4, 0.5) is 13.2 Å². The summed E-state index contributed by atoms with van der Waals surface area (Å²) in [5.74, 6) is -2.61. The second-order valence-electron chi connectivity index (χ2n) is 4.96. The summed E-state index contributed by atoms with van der Waals surface area (Å²) >= 11 is 0. The number of carbonyl (C=O) groups excluding carboxylic acids is 1. The van der Waals surface area contributed by atoms with Crippen LogP contribution in [-0.4, -0.2) is 38.7 Å². The smallest absolute Gasteiger partial charge is 0.490 e. The van der Waals surface area contributed by atoms with Crippen LogP contribution in [0.15, 0.2) is 41.3 Å². The summed E-state index contributed by atoms with van der Waals surface area (Å²) in [5.41, 5.74) is 2.05. The standard InChI is InChI=1S/C13H14N2O4S.C2HF3O2/c1-9(16)14-15-20(17,18)13-6-4-10-3-5-12(19-2)7-11(10)8-13;3-2(4,5)1(6)7/h3-8,15H,1-2H3,(H,14,16);(H,6,7). The molecule has 0 saturated carbocycles. The number of halogens is 3. The highest BCUT2D eigenvalue weighted by Gasteiger charge is 2.38. The lowest BCUT2D eigenvalue weighted by atomic mass is 10.1. The number of sulfonamides is 1. The molecule has 0 radical (unpaired) electrons. The average molecular weight is 408 g/mol. The maximum absolute atomic E-state index is 12.0. The molecule has 8 nitrogen and oxygen atoms in total. The predicted molar refractivity (Wildman–Crippen MR) is 88.3 cm³/mol. The van der Waals surface area contributed by atoms with Gasteiger partial charge in [-0.15, -0.1) is 4.83 Å². The van der Waals surface area contributed by atoms with E-state index in [2.05, 4.69) is 5.43 Å². The fourth-order valence-corrected chi connectivity index (χ4v) is 2.62. The van der Waals surface area contributed by atoms with E-state index in [1.807, 2.05) is 10.9 Å². The van der Waals surface area contributed by atoms with Gasteiger partial charge in [-0.3, -0.25) is 10.2 Å². The summed E-state index contributed by atoms with van der Waals surface area (Å²) in [6.07, 6.45) is -5.08. The number of nitrogens with one attached hydrogen (secondary N) is 2. The van der Waals surface area contributed by atoms with Gasteiger partial charge in [-0.1, -0.05) is 12.1 Å². The molecule has 0 aliphatic rings. The Bertz CT molecular complexity index is 944. The van der Waals surface area contributed by atoms with Crippen LogP contribution < -0.4 is 15.0 Å². The van der Waals surface area contributed by atoms with E-state index in [9.17, 15) is 26.4 Å². The molecule has 0 heterocycles. The van der Waals surface area contributed by atoms with Crippen LogP contribution in [0.2, 0.25) is 0 Å². The van der Waals surface area contributed by atoms with Crippen molar-refractivity contribution < 1.29 is 41.0 Å². The summed E-state index contributed by atoms with van der Waals surface area (Å²) in [7, 11) is -2.25. The Morgan fingerprint density at radius 1 is 1.07 bits per heavy atom. The van der Waals surface area contributed by atoms with Crippen LogP contribution in [0.25, 0.3) is 10.8 Å². The minimum Gasteiger partial charge on any atom is -0.497 e. The van der Waals surface area contributed by atoms with E-state index < -0.39 is 28.1 Å². The van der Waals surface area contributed by atoms with Gasteiger partial charge in [-0.05, 0) is 35.0 Å². The molecule has 1 amide bonds. The lowest BCUT2D eigenvalue weighted by Gasteiger charge is -2.08. The molecule has 12 heteroatoms. The molecule has 2 aromatic carbocycles. The van der Waals surface area contributed by atoms with Crippen LogP contribution in [-0.2, 0) is 19.6 Å². The van der Waals surface area contributed by atoms with E-state index in [1.165, 1.54) is 19.1 Å². The Morgan fingerprint density at radius 3 is 2.11 bits per heavy atom. The first-order valence-corrected chi connectivity index (χ1v) is 8.51. The maximum atomic E-state index is 12.0. The molecule has 148 valence electrons. The molecule has 0 aliphatic heterocycles. The van der Waals surface area contributed by atoms with Gasteiger partial charge in [0.15, 0.2) is 0 Å². The predicted octanol–water partition coefficient (Wildman–Crippen LogP) is 1.81. The van der Waals surface area contributed by atoms with Crippen molar-refractivity contribution in [1.82, 2.24) is 10.3 Å². The monoisotopic (exact) mass is 408 g/mol. The first kappa shape index (κ1) is 22.2. The number of aliphatic carboxylic acids is 1. The highest BCUT2D eigenvalue weighted by molar-refractivity contribution is 7.89. The fraction of sp³-hybridized carbons (Fsp3) is 0.200. The number of benzene rings is 2. The summed E-state index contributed by atoms with van der Waals surface area (Å²) < 4.78 is 60.8. The third kappa shape index (κ3) is 6.75. The Morgan fingerprint density at radius 2 is 1.63 bits per heavy atom. The SMILES string of the molecule is COc1ccc2ccc(S(=O)(=O)NNC(C)=O)cc2c1.O=C(O)C(F)(F)F. The number of rotatable bonds is 4. The van der Waals surface area contributed by atoms with Gasteiger partial charge in [0, 0.05) is 6.92 Å². The number of ether oxygens (including phenoxy) is 1. The molecule has 0 aromatic heterocycles. The van der Waals surface area contributed by atoms with E-state index >= 15 is 0 Å². The van der Waals surface area contributed by atoms with Gasteiger partial charge < -0.3 is 9.84 Å². The number of carboxylic acids is 1. The highest BCUT2D eigenvalue weighted by Crippen LogP contribution is 2.23. The number of hydrogen-bond donors (Lipinski definition) is 3. The van der Waals surface area contributed by atoms with Gasteiger partial charge in [0.2, 0.25) is 5.91 Å². The highest BCUT2D eigenvalue weighted by atomic mass is 32.2. The van der Waals surface area contributed by atoms with E-state index in [4.69, 9.17) is 14.6 Å². The maximum Gasteiger partial charge on any atom is 0.490 e. The number of amides is 1. The van der Waals surface area contributed by atoms with Crippen LogP contribution in [0.1, 0.15) is 6.92 Å². The second kappa shape index (κ2) is 8.68. The molecule has 0 aliphatic carbocycles. The molecule has 0 saturated heterocycles. The van der Waals surface area contributed by atoms with E-state index in [0.717, 1.165) is 10.8 Å². The zero-order valence-corrected chi connectivity index (χ0v) is 14.8. The van der Waals surface area contributed by atoms with Gasteiger partial charge >= 0.3 is 12.1 Å². The van der Waals surface area contributed by atoms with Crippen LogP contribution in [0.3, 0.4) is 0 Å². The molecule has 0 fully saturated rings. The zero-order chi connectivity index (χ0) is 20.8. The minimum absolute atomic E-state index is 0.0620. The zero-order valence-electron chi connectivity index (χ0n) is 14.0. The van der Waals surface area contributed by atoms with Crippen LogP contribution in [0.5, 0.6) is 5.75 Å². The number of methoxy groups -OCH3 is 1. The van der Waals surface area contributed by atoms with Crippen LogP contribution in [0, 0.1) is 0 Å². The van der Waals surface area contributed by atoms with Gasteiger partial charge in [0.1, 0.15) is 5.75 Å². The van der Waals surface area contributed by atoms with Gasteiger partial charge in [-0.25, -0.2) is 13.2 Å². The molecule has 0 unspecified atom stereocenters. The Labute approximate surface area is 152 Å². The Kier molecular flexibility index (Phi) is 7.13. The summed E-state index contributed by atoms with van der Waals surface area (Å²) in [5, 5.41) is 8.75. The fourth-order valence-electron chi connectivity index (χ4n) is 1.70. The molecule has 2 rings (SSSR count). The lowest BCUT2D eigenvalue weighted by molar-refractivity contribution is -0.192. The quantitative estimate of drug-likeness (QED) is 0.664. The summed E-state index contributed by atoms with van der Waals surface area (Å²) in [4.78, 5) is 21.7. The van der Waals surface area contributed by atoms with Gasteiger partial charge in [0.05, 0.1) is 12.0 Å². The van der Waals surface area contributed by atoms with Crippen molar-refractivity contribution in [3.05, 3.63) is 36.4 Å². The largest absolute Gasteiger partial charge is 0.497 e. The van der Waals surface area contributed by atoms with Crippen molar-refractivity contribution in [2.45, 2.75) is 18.0 Å². The number of carbonyl (C=O) groups is 2. The minimum atomic E-state index is -5.08. The molecule has 27 heavy (non-hydrogen) atoms. The normalized spacial score (nSPS) is 11.3. The van der Waals surface area contributed by atoms with Gasteiger partial charge in [0.25, 0.3) is 10.0 Å². The average Bonchev–Trinajstić information content (AvgIpc) is 2.58. The number of fused-ring (bicyclic) bond motifs is 1. The van der Waals surface area contributed by atoms with Crippen molar-refractivity contribution in [3.63, 3.8) is 0 Å². The first-order valence-electron chi connectivity index (χ1n) is 7.03. The van der Waals surface area contributed by atoms with Gasteiger partial charge in [-0.2, -0.15) is 13.2 Å². The van der Waals surface area contributed by atoms with E-state index in [1.54, 1.807) is 25.3 Å². The van der Waals surface area contributed by atoms with Crippen molar-refractivity contribution in [1.29, 1.82) is 0 Å². The molecule has 0 atom stereocenters. The number of carboxylic acid groups (broad SMARTS) is 1. The van der Waals surface area contributed by atoms with Crippen molar-refractivity contribution in [2.75, 3.05) is 7.11 Å². The third-order valence-electron chi connectivity index (χ3n) is 2.93.